The highest BCUT2D eigenvalue weighted by molar-refractivity contribution is 8.00. The van der Waals surface area contributed by atoms with Crippen molar-refractivity contribution >= 4 is 29.0 Å². The molecule has 8 heteroatoms. The van der Waals surface area contributed by atoms with Gasteiger partial charge in [-0.15, -0.1) is 11.8 Å². The monoisotopic (exact) mass is 324 g/mol. The average Bonchev–Trinajstić information content (AvgIpc) is 2.48. The topological polar surface area (TPSA) is 72.2 Å². The van der Waals surface area contributed by atoms with Gasteiger partial charge in [0.25, 0.3) is 5.69 Å². The van der Waals surface area contributed by atoms with Crippen molar-refractivity contribution in [1.29, 1.82) is 0 Å². The Hall–Kier alpha value is -2.48. The standard InChI is InChI=1S/C14H10F2N2O3S/c15-9-1-6-13(12(16)7-9)17-14(19)8-22-11-4-2-10(3-5-11)18(20)21/h1-7H,8H2,(H,17,19). The van der Waals surface area contributed by atoms with E-state index in [0.717, 1.165) is 23.9 Å². The SMILES string of the molecule is O=C(CSc1ccc([N+](=O)[O-])cc1)Nc1ccc(F)cc1F. The zero-order chi connectivity index (χ0) is 16.1. The molecule has 114 valence electrons. The van der Waals surface area contributed by atoms with Gasteiger partial charge in [0.1, 0.15) is 11.6 Å². The van der Waals surface area contributed by atoms with Gasteiger partial charge in [0.05, 0.1) is 16.4 Å². The number of nitrogens with one attached hydrogen (secondary N) is 1. The van der Waals surface area contributed by atoms with Crippen LogP contribution in [0.4, 0.5) is 20.2 Å². The van der Waals surface area contributed by atoms with Crippen molar-refractivity contribution in [3.8, 4) is 0 Å². The highest BCUT2D eigenvalue weighted by Crippen LogP contribution is 2.22. The number of halogens is 2. The second-order valence-electron chi connectivity index (χ2n) is 4.21. The van der Waals surface area contributed by atoms with Crippen LogP contribution in [0.15, 0.2) is 47.4 Å². The molecule has 0 atom stereocenters. The number of anilines is 1. The minimum atomic E-state index is -0.853. The molecule has 0 spiro atoms. The lowest BCUT2D eigenvalue weighted by Crippen LogP contribution is -2.15. The van der Waals surface area contributed by atoms with Crippen molar-refractivity contribution in [2.75, 3.05) is 11.1 Å². The maximum absolute atomic E-state index is 13.4. The van der Waals surface area contributed by atoms with Crippen LogP contribution in [0.1, 0.15) is 0 Å². The summed E-state index contributed by atoms with van der Waals surface area (Å²) in [7, 11) is 0. The Kier molecular flexibility index (Phi) is 5.05. The minimum absolute atomic E-state index is 0.00533. The Morgan fingerprint density at radius 1 is 1.18 bits per heavy atom. The van der Waals surface area contributed by atoms with Gasteiger partial charge >= 0.3 is 0 Å². The van der Waals surface area contributed by atoms with E-state index in [9.17, 15) is 23.7 Å². The Morgan fingerprint density at radius 2 is 1.86 bits per heavy atom. The van der Waals surface area contributed by atoms with E-state index in [-0.39, 0.29) is 17.1 Å². The van der Waals surface area contributed by atoms with Crippen LogP contribution in [-0.2, 0) is 4.79 Å². The maximum atomic E-state index is 13.4. The highest BCUT2D eigenvalue weighted by atomic mass is 32.2. The number of nitro groups is 1. The van der Waals surface area contributed by atoms with Gasteiger partial charge in [-0.3, -0.25) is 14.9 Å². The van der Waals surface area contributed by atoms with Crippen LogP contribution in [0.25, 0.3) is 0 Å². The summed E-state index contributed by atoms with van der Waals surface area (Å²) in [6, 6.07) is 8.57. The van der Waals surface area contributed by atoms with Crippen molar-refractivity contribution < 1.29 is 18.5 Å². The Morgan fingerprint density at radius 3 is 2.45 bits per heavy atom. The van der Waals surface area contributed by atoms with E-state index >= 15 is 0 Å². The van der Waals surface area contributed by atoms with Crippen molar-refractivity contribution in [2.24, 2.45) is 0 Å². The predicted octanol–water partition coefficient (Wildman–Crippen LogP) is 3.60. The molecule has 5 nitrogen and oxygen atoms in total. The van der Waals surface area contributed by atoms with Crippen molar-refractivity contribution in [3.05, 3.63) is 64.2 Å². The van der Waals surface area contributed by atoms with Crippen LogP contribution in [0.5, 0.6) is 0 Å². The molecule has 22 heavy (non-hydrogen) atoms. The molecular weight excluding hydrogens is 314 g/mol. The molecule has 0 saturated carbocycles. The summed E-state index contributed by atoms with van der Waals surface area (Å²) in [5.74, 6) is -2.05. The molecule has 0 aromatic heterocycles. The summed E-state index contributed by atoms with van der Waals surface area (Å²) in [4.78, 5) is 22.4. The van der Waals surface area contributed by atoms with Crippen LogP contribution < -0.4 is 5.32 Å². The van der Waals surface area contributed by atoms with Crippen molar-refractivity contribution in [1.82, 2.24) is 0 Å². The fourth-order valence-electron chi connectivity index (χ4n) is 1.59. The van der Waals surface area contributed by atoms with Crippen LogP contribution in [0, 0.1) is 21.7 Å². The van der Waals surface area contributed by atoms with Gasteiger partial charge in [0.15, 0.2) is 0 Å². The third-order valence-corrected chi connectivity index (χ3v) is 3.63. The molecule has 0 saturated heterocycles. The summed E-state index contributed by atoms with van der Waals surface area (Å²) in [5.41, 5.74) is -0.141. The fraction of sp³-hybridized carbons (Fsp3) is 0.0714. The first-order valence-corrected chi connectivity index (χ1v) is 7.06. The number of non-ortho nitro benzene ring substituents is 1. The minimum Gasteiger partial charge on any atom is -0.323 e. The number of nitrogens with zero attached hydrogens (tertiary/aromatic N) is 1. The third-order valence-electron chi connectivity index (χ3n) is 2.62. The summed E-state index contributed by atoms with van der Waals surface area (Å²) in [6.07, 6.45) is 0. The molecule has 0 fully saturated rings. The second-order valence-corrected chi connectivity index (χ2v) is 5.26. The van der Waals surface area contributed by atoms with Gasteiger partial charge in [0, 0.05) is 23.1 Å². The number of rotatable bonds is 5. The summed E-state index contributed by atoms with van der Waals surface area (Å²) in [5, 5.41) is 12.8. The van der Waals surface area contributed by atoms with E-state index in [1.165, 1.54) is 24.3 Å². The molecule has 2 aromatic rings. The molecule has 0 radical (unpaired) electrons. The molecule has 0 bridgehead atoms. The van der Waals surface area contributed by atoms with Crippen LogP contribution in [0.3, 0.4) is 0 Å². The average molecular weight is 324 g/mol. The van der Waals surface area contributed by atoms with E-state index in [1.807, 2.05) is 0 Å². The maximum Gasteiger partial charge on any atom is 0.269 e. The van der Waals surface area contributed by atoms with Gasteiger partial charge in [-0.05, 0) is 24.3 Å². The molecule has 1 N–H and O–H groups in total. The number of carbonyl (C=O) groups excluding carboxylic acids is 1. The molecule has 1 amide bonds. The Balaban J connectivity index is 1.91. The molecule has 0 unspecified atom stereocenters. The van der Waals surface area contributed by atoms with Gasteiger partial charge in [-0.1, -0.05) is 0 Å². The van der Waals surface area contributed by atoms with Crippen LogP contribution in [-0.4, -0.2) is 16.6 Å². The molecule has 0 aliphatic heterocycles. The van der Waals surface area contributed by atoms with E-state index in [2.05, 4.69) is 5.32 Å². The zero-order valence-corrected chi connectivity index (χ0v) is 11.9. The number of carbonyl (C=O) groups is 1. The lowest BCUT2D eigenvalue weighted by molar-refractivity contribution is -0.384. The normalized spacial score (nSPS) is 10.3. The Labute approximate surface area is 128 Å². The predicted molar refractivity (Wildman–Crippen MR) is 78.8 cm³/mol. The fourth-order valence-corrected chi connectivity index (χ4v) is 2.29. The third kappa shape index (κ3) is 4.26. The molecule has 0 aliphatic carbocycles. The van der Waals surface area contributed by atoms with Gasteiger partial charge in [0.2, 0.25) is 5.91 Å². The zero-order valence-electron chi connectivity index (χ0n) is 11.1. The summed E-state index contributed by atoms with van der Waals surface area (Å²) < 4.78 is 26.1. The van der Waals surface area contributed by atoms with Crippen LogP contribution >= 0.6 is 11.8 Å². The Bertz CT molecular complexity index is 708. The van der Waals surface area contributed by atoms with Gasteiger partial charge in [-0.2, -0.15) is 0 Å². The first kappa shape index (κ1) is 15.9. The number of thioether (sulfide) groups is 1. The lowest BCUT2D eigenvalue weighted by atomic mass is 10.3. The van der Waals surface area contributed by atoms with Crippen LogP contribution in [0.2, 0.25) is 0 Å². The van der Waals surface area contributed by atoms with E-state index in [4.69, 9.17) is 0 Å². The molecule has 2 rings (SSSR count). The first-order chi connectivity index (χ1) is 10.5. The number of hydrogen-bond donors (Lipinski definition) is 1. The summed E-state index contributed by atoms with van der Waals surface area (Å²) >= 11 is 1.15. The number of hydrogen-bond acceptors (Lipinski definition) is 4. The summed E-state index contributed by atoms with van der Waals surface area (Å²) in [6.45, 7) is 0. The largest absolute Gasteiger partial charge is 0.323 e. The van der Waals surface area contributed by atoms with Crippen molar-refractivity contribution in [2.45, 2.75) is 4.90 Å². The van der Waals surface area contributed by atoms with Gasteiger partial charge in [-0.25, -0.2) is 8.78 Å². The molecule has 0 heterocycles. The first-order valence-electron chi connectivity index (χ1n) is 6.08. The number of nitro benzene ring substituents is 1. The lowest BCUT2D eigenvalue weighted by Gasteiger charge is -2.06. The van der Waals surface area contributed by atoms with E-state index in [1.54, 1.807) is 0 Å². The second kappa shape index (κ2) is 6.99. The molecular formula is C14H10F2N2O3S. The highest BCUT2D eigenvalue weighted by Gasteiger charge is 2.09. The smallest absolute Gasteiger partial charge is 0.269 e. The molecule has 2 aromatic carbocycles. The molecule has 0 aliphatic rings. The quantitative estimate of drug-likeness (QED) is 0.518. The number of benzene rings is 2. The van der Waals surface area contributed by atoms with Crippen molar-refractivity contribution in [3.63, 3.8) is 0 Å². The van der Waals surface area contributed by atoms with Gasteiger partial charge < -0.3 is 5.32 Å². The number of amides is 1. The van der Waals surface area contributed by atoms with E-state index < -0.39 is 22.5 Å². The van der Waals surface area contributed by atoms with E-state index in [0.29, 0.717) is 11.0 Å².